The molecule has 2 amide bonds. The van der Waals surface area contributed by atoms with Crippen LogP contribution in [0.15, 0.2) is 12.1 Å². The van der Waals surface area contributed by atoms with Crippen LogP contribution in [-0.2, 0) is 4.79 Å². The van der Waals surface area contributed by atoms with Crippen molar-refractivity contribution in [1.82, 2.24) is 10.2 Å². The first-order chi connectivity index (χ1) is 10.4. The maximum absolute atomic E-state index is 12.1. The molecule has 122 valence electrons. The molecule has 0 saturated carbocycles. The Balaban J connectivity index is 2.48. The third-order valence-electron chi connectivity index (χ3n) is 3.92. The number of phenols is 1. The SMILES string of the molecule is CCN(CC)C(=O)CCCNC(=O)c1ccc(C)c(C)c1O. The molecule has 1 aromatic carbocycles. The average Bonchev–Trinajstić information content (AvgIpc) is 2.50. The normalized spacial score (nSPS) is 10.4. The molecular formula is C17H26N2O3. The van der Waals surface area contributed by atoms with Crippen molar-refractivity contribution in [2.45, 2.75) is 40.5 Å². The molecule has 2 N–H and O–H groups in total. The van der Waals surface area contributed by atoms with Crippen LogP contribution in [0.1, 0.15) is 48.2 Å². The molecule has 1 rings (SSSR count). The van der Waals surface area contributed by atoms with Crippen molar-refractivity contribution in [3.8, 4) is 5.75 Å². The van der Waals surface area contributed by atoms with Crippen molar-refractivity contribution >= 4 is 11.8 Å². The fourth-order valence-electron chi connectivity index (χ4n) is 2.26. The van der Waals surface area contributed by atoms with Gasteiger partial charge in [0.25, 0.3) is 5.91 Å². The smallest absolute Gasteiger partial charge is 0.255 e. The van der Waals surface area contributed by atoms with Gasteiger partial charge in [0, 0.05) is 26.1 Å². The number of phenolic OH excluding ortho intramolecular Hbond substituents is 1. The van der Waals surface area contributed by atoms with Gasteiger partial charge in [0.05, 0.1) is 5.56 Å². The lowest BCUT2D eigenvalue weighted by atomic mass is 10.0. The predicted molar refractivity (Wildman–Crippen MR) is 87.1 cm³/mol. The van der Waals surface area contributed by atoms with Crippen LogP contribution in [0.25, 0.3) is 0 Å². The molecule has 0 unspecified atom stereocenters. The summed E-state index contributed by atoms with van der Waals surface area (Å²) in [6.07, 6.45) is 1.01. The van der Waals surface area contributed by atoms with Crippen molar-refractivity contribution in [2.75, 3.05) is 19.6 Å². The largest absolute Gasteiger partial charge is 0.507 e. The summed E-state index contributed by atoms with van der Waals surface area (Å²) in [5.41, 5.74) is 1.93. The van der Waals surface area contributed by atoms with Crippen LogP contribution in [0.5, 0.6) is 5.75 Å². The third kappa shape index (κ3) is 4.48. The Morgan fingerprint density at radius 1 is 1.18 bits per heavy atom. The van der Waals surface area contributed by atoms with Gasteiger partial charge in [-0.2, -0.15) is 0 Å². The fourth-order valence-corrected chi connectivity index (χ4v) is 2.26. The van der Waals surface area contributed by atoms with E-state index in [2.05, 4.69) is 5.32 Å². The summed E-state index contributed by atoms with van der Waals surface area (Å²) in [5, 5.41) is 12.8. The number of hydrogen-bond acceptors (Lipinski definition) is 3. The first-order valence-electron chi connectivity index (χ1n) is 7.77. The fraction of sp³-hybridized carbons (Fsp3) is 0.529. The highest BCUT2D eigenvalue weighted by Crippen LogP contribution is 2.24. The van der Waals surface area contributed by atoms with E-state index in [0.29, 0.717) is 38.0 Å². The number of hydrogen-bond donors (Lipinski definition) is 2. The van der Waals surface area contributed by atoms with Crippen LogP contribution in [-0.4, -0.2) is 41.5 Å². The number of amides is 2. The van der Waals surface area contributed by atoms with Crippen molar-refractivity contribution in [3.63, 3.8) is 0 Å². The Morgan fingerprint density at radius 2 is 1.82 bits per heavy atom. The second-order valence-electron chi connectivity index (χ2n) is 5.33. The summed E-state index contributed by atoms with van der Waals surface area (Å²) < 4.78 is 0. The van der Waals surface area contributed by atoms with E-state index in [4.69, 9.17) is 0 Å². The summed E-state index contributed by atoms with van der Waals surface area (Å²) in [6, 6.07) is 3.43. The topological polar surface area (TPSA) is 69.6 Å². The summed E-state index contributed by atoms with van der Waals surface area (Å²) in [4.78, 5) is 25.7. The second kappa shape index (κ2) is 8.41. The Hall–Kier alpha value is -2.04. The second-order valence-corrected chi connectivity index (χ2v) is 5.33. The van der Waals surface area contributed by atoms with Gasteiger partial charge in [-0.15, -0.1) is 0 Å². The van der Waals surface area contributed by atoms with Gasteiger partial charge in [0.1, 0.15) is 5.75 Å². The molecule has 1 aromatic rings. The minimum Gasteiger partial charge on any atom is -0.507 e. The zero-order valence-electron chi connectivity index (χ0n) is 13.9. The Bertz CT molecular complexity index is 537. The number of carbonyl (C=O) groups is 2. The molecule has 0 aliphatic rings. The number of nitrogens with zero attached hydrogens (tertiary/aromatic N) is 1. The lowest BCUT2D eigenvalue weighted by molar-refractivity contribution is -0.130. The molecular weight excluding hydrogens is 280 g/mol. The van der Waals surface area contributed by atoms with Crippen molar-refractivity contribution in [1.29, 1.82) is 0 Å². The molecule has 5 nitrogen and oxygen atoms in total. The third-order valence-corrected chi connectivity index (χ3v) is 3.92. The molecule has 0 spiro atoms. The number of carbonyl (C=O) groups excluding carboxylic acids is 2. The van der Waals surface area contributed by atoms with Crippen LogP contribution in [0, 0.1) is 13.8 Å². The van der Waals surface area contributed by atoms with Gasteiger partial charge in [-0.05, 0) is 51.3 Å². The number of nitrogens with one attached hydrogen (secondary N) is 1. The van der Waals surface area contributed by atoms with E-state index in [-0.39, 0.29) is 23.1 Å². The van der Waals surface area contributed by atoms with Gasteiger partial charge in [-0.3, -0.25) is 9.59 Å². The van der Waals surface area contributed by atoms with Gasteiger partial charge in [0.15, 0.2) is 0 Å². The monoisotopic (exact) mass is 306 g/mol. The zero-order chi connectivity index (χ0) is 16.7. The Morgan fingerprint density at radius 3 is 2.41 bits per heavy atom. The molecule has 0 saturated heterocycles. The van der Waals surface area contributed by atoms with Crippen LogP contribution in [0.3, 0.4) is 0 Å². The molecule has 0 bridgehead atoms. The van der Waals surface area contributed by atoms with E-state index in [1.807, 2.05) is 26.8 Å². The minimum absolute atomic E-state index is 0.0247. The van der Waals surface area contributed by atoms with Gasteiger partial charge in [0.2, 0.25) is 5.91 Å². The molecule has 5 heteroatoms. The van der Waals surface area contributed by atoms with E-state index in [1.165, 1.54) is 0 Å². The van der Waals surface area contributed by atoms with Gasteiger partial charge >= 0.3 is 0 Å². The number of aromatic hydroxyl groups is 1. The van der Waals surface area contributed by atoms with Crippen molar-refractivity contribution in [2.24, 2.45) is 0 Å². The number of benzene rings is 1. The molecule has 0 atom stereocenters. The predicted octanol–water partition coefficient (Wildman–Crippen LogP) is 2.39. The molecule has 0 fully saturated rings. The van der Waals surface area contributed by atoms with Gasteiger partial charge in [-0.25, -0.2) is 0 Å². The van der Waals surface area contributed by atoms with E-state index in [0.717, 1.165) is 5.56 Å². The first kappa shape index (κ1) is 18.0. The van der Waals surface area contributed by atoms with E-state index < -0.39 is 0 Å². The summed E-state index contributed by atoms with van der Waals surface area (Å²) >= 11 is 0. The zero-order valence-corrected chi connectivity index (χ0v) is 13.9. The van der Waals surface area contributed by atoms with E-state index in [1.54, 1.807) is 17.9 Å². The highest BCUT2D eigenvalue weighted by atomic mass is 16.3. The molecule has 0 radical (unpaired) electrons. The maximum atomic E-state index is 12.1. The molecule has 0 aliphatic carbocycles. The lowest BCUT2D eigenvalue weighted by Gasteiger charge is -2.18. The standard InChI is InChI=1S/C17H26N2O3/c1-5-19(6-2)15(20)8-7-11-18-17(22)14-10-9-12(3)13(4)16(14)21/h9-10,21H,5-8,11H2,1-4H3,(H,18,22). The lowest BCUT2D eigenvalue weighted by Crippen LogP contribution is -2.31. The maximum Gasteiger partial charge on any atom is 0.255 e. The van der Waals surface area contributed by atoms with Gasteiger partial charge < -0.3 is 15.3 Å². The first-order valence-corrected chi connectivity index (χ1v) is 7.77. The quantitative estimate of drug-likeness (QED) is 0.760. The summed E-state index contributed by atoms with van der Waals surface area (Å²) in [6.45, 7) is 9.39. The molecule has 22 heavy (non-hydrogen) atoms. The van der Waals surface area contributed by atoms with E-state index in [9.17, 15) is 14.7 Å². The van der Waals surface area contributed by atoms with Gasteiger partial charge in [-0.1, -0.05) is 6.07 Å². The molecule has 0 heterocycles. The Kier molecular flexibility index (Phi) is 6.89. The minimum atomic E-state index is -0.309. The summed E-state index contributed by atoms with van der Waals surface area (Å²) in [5.74, 6) is -0.180. The number of aryl methyl sites for hydroxylation is 1. The molecule has 0 aliphatic heterocycles. The highest BCUT2D eigenvalue weighted by molar-refractivity contribution is 5.97. The average molecular weight is 306 g/mol. The van der Waals surface area contributed by atoms with Crippen LogP contribution in [0.4, 0.5) is 0 Å². The van der Waals surface area contributed by atoms with Crippen molar-refractivity contribution in [3.05, 3.63) is 28.8 Å². The highest BCUT2D eigenvalue weighted by Gasteiger charge is 2.14. The van der Waals surface area contributed by atoms with Crippen LogP contribution < -0.4 is 5.32 Å². The van der Waals surface area contributed by atoms with Crippen LogP contribution >= 0.6 is 0 Å². The number of rotatable bonds is 7. The molecule has 0 aromatic heterocycles. The van der Waals surface area contributed by atoms with E-state index >= 15 is 0 Å². The summed E-state index contributed by atoms with van der Waals surface area (Å²) in [7, 11) is 0. The van der Waals surface area contributed by atoms with Crippen LogP contribution in [0.2, 0.25) is 0 Å². The van der Waals surface area contributed by atoms with Crippen molar-refractivity contribution < 1.29 is 14.7 Å². The Labute approximate surface area is 132 Å².